The molecule has 1 heterocycles. The van der Waals surface area contributed by atoms with Gasteiger partial charge in [-0.1, -0.05) is 133 Å². The molecule has 0 saturated carbocycles. The lowest BCUT2D eigenvalue weighted by Gasteiger charge is -2.11. The second kappa shape index (κ2) is 10.8. The number of benzene rings is 6. The van der Waals surface area contributed by atoms with Crippen LogP contribution >= 0.6 is 11.6 Å². The van der Waals surface area contributed by atoms with E-state index >= 15 is 0 Å². The maximum Gasteiger partial charge on any atom is 0.164 e. The molecule has 4 heteroatoms. The average Bonchev–Trinajstić information content (AvgIpc) is 3.05. The van der Waals surface area contributed by atoms with Crippen LogP contribution in [0.5, 0.6) is 0 Å². The van der Waals surface area contributed by atoms with E-state index in [1.54, 1.807) is 0 Å². The van der Waals surface area contributed by atoms with Crippen LogP contribution in [0.3, 0.4) is 0 Å². The molecule has 0 aliphatic rings. The van der Waals surface area contributed by atoms with Gasteiger partial charge in [-0.25, -0.2) is 15.0 Å². The highest BCUT2D eigenvalue weighted by Gasteiger charge is 2.14. The van der Waals surface area contributed by atoms with Gasteiger partial charge in [0.05, 0.1) is 0 Å². The Labute approximate surface area is 243 Å². The molecule has 0 spiro atoms. The normalized spacial score (nSPS) is 11.0. The van der Waals surface area contributed by atoms with Gasteiger partial charge < -0.3 is 0 Å². The average molecular weight is 546 g/mol. The summed E-state index contributed by atoms with van der Waals surface area (Å²) in [6.45, 7) is 0. The Kier molecular flexibility index (Phi) is 6.56. The number of nitrogens with zero attached hydrogens (tertiary/aromatic N) is 3. The van der Waals surface area contributed by atoms with Gasteiger partial charge in [0, 0.05) is 21.7 Å². The Balaban J connectivity index is 1.28. The largest absolute Gasteiger partial charge is 0.208 e. The standard InChI is InChI=1S/C37H24ClN3/c38-34-23-32(27-17-15-26(16-18-27)31-20-19-25-9-7-8-14-30(25)21-31)22-33(24-34)37-40-35(28-10-3-1-4-11-28)39-36(41-37)29-12-5-2-6-13-29/h1-24H. The molecule has 0 saturated heterocycles. The van der Waals surface area contributed by atoms with Gasteiger partial charge in [-0.05, 0) is 57.3 Å². The molecule has 1 aromatic heterocycles. The zero-order valence-corrected chi connectivity index (χ0v) is 22.8. The Morgan fingerprint density at radius 1 is 0.317 bits per heavy atom. The van der Waals surface area contributed by atoms with Crippen LogP contribution in [-0.4, -0.2) is 15.0 Å². The van der Waals surface area contributed by atoms with Crippen LogP contribution in [0.1, 0.15) is 0 Å². The van der Waals surface area contributed by atoms with E-state index in [9.17, 15) is 0 Å². The maximum absolute atomic E-state index is 6.67. The van der Waals surface area contributed by atoms with Gasteiger partial charge in [0.15, 0.2) is 17.5 Å². The summed E-state index contributed by atoms with van der Waals surface area (Å²) in [6.07, 6.45) is 0. The van der Waals surface area contributed by atoms with Crippen molar-refractivity contribution in [3.8, 4) is 56.4 Å². The Morgan fingerprint density at radius 3 is 1.39 bits per heavy atom. The fourth-order valence-corrected chi connectivity index (χ4v) is 5.28. The first-order chi connectivity index (χ1) is 20.2. The quantitative estimate of drug-likeness (QED) is 0.216. The highest BCUT2D eigenvalue weighted by molar-refractivity contribution is 6.31. The molecule has 7 aromatic rings. The summed E-state index contributed by atoms with van der Waals surface area (Å²) in [5, 5.41) is 3.10. The van der Waals surface area contributed by atoms with Crippen LogP contribution in [0, 0.1) is 0 Å². The molecule has 0 atom stereocenters. The molecule has 41 heavy (non-hydrogen) atoms. The molecule has 0 aliphatic heterocycles. The van der Waals surface area contributed by atoms with Gasteiger partial charge in [0.2, 0.25) is 0 Å². The first-order valence-corrected chi connectivity index (χ1v) is 13.8. The molecule has 0 fully saturated rings. The van der Waals surface area contributed by atoms with Crippen molar-refractivity contribution >= 4 is 22.4 Å². The van der Waals surface area contributed by atoms with Crippen molar-refractivity contribution in [1.29, 1.82) is 0 Å². The predicted molar refractivity (Wildman–Crippen MR) is 170 cm³/mol. The van der Waals surface area contributed by atoms with Crippen molar-refractivity contribution in [2.24, 2.45) is 0 Å². The van der Waals surface area contributed by atoms with Gasteiger partial charge in [-0.15, -0.1) is 0 Å². The molecule has 3 nitrogen and oxygen atoms in total. The summed E-state index contributed by atoms with van der Waals surface area (Å²) < 4.78 is 0. The summed E-state index contributed by atoms with van der Waals surface area (Å²) in [4.78, 5) is 14.6. The third-order valence-electron chi connectivity index (χ3n) is 7.16. The van der Waals surface area contributed by atoms with E-state index in [1.165, 1.54) is 21.9 Å². The molecule has 0 amide bonds. The third kappa shape index (κ3) is 5.23. The molecular formula is C37H24ClN3. The topological polar surface area (TPSA) is 38.7 Å². The first kappa shape index (κ1) is 24.9. The monoisotopic (exact) mass is 545 g/mol. The van der Waals surface area contributed by atoms with Crippen molar-refractivity contribution in [2.45, 2.75) is 0 Å². The summed E-state index contributed by atoms with van der Waals surface area (Å²) in [5.41, 5.74) is 7.12. The van der Waals surface area contributed by atoms with Crippen LogP contribution in [0.4, 0.5) is 0 Å². The molecule has 194 valence electrons. The molecule has 7 rings (SSSR count). The minimum atomic E-state index is 0.578. The highest BCUT2D eigenvalue weighted by atomic mass is 35.5. The van der Waals surface area contributed by atoms with E-state index in [4.69, 9.17) is 26.6 Å². The van der Waals surface area contributed by atoms with Crippen molar-refractivity contribution < 1.29 is 0 Å². The number of halogens is 1. The highest BCUT2D eigenvalue weighted by Crippen LogP contribution is 2.33. The summed E-state index contributed by atoms with van der Waals surface area (Å²) in [5.74, 6) is 1.82. The first-order valence-electron chi connectivity index (χ1n) is 13.5. The molecule has 0 radical (unpaired) electrons. The van der Waals surface area contributed by atoms with E-state index in [2.05, 4.69) is 72.8 Å². The van der Waals surface area contributed by atoms with E-state index in [0.29, 0.717) is 22.5 Å². The van der Waals surface area contributed by atoms with Crippen molar-refractivity contribution in [3.05, 3.63) is 151 Å². The number of hydrogen-bond acceptors (Lipinski definition) is 3. The minimum Gasteiger partial charge on any atom is -0.208 e. The molecular weight excluding hydrogens is 522 g/mol. The van der Waals surface area contributed by atoms with E-state index < -0.39 is 0 Å². The fourth-order valence-electron chi connectivity index (χ4n) is 5.05. The summed E-state index contributed by atoms with van der Waals surface area (Å²) in [6, 6.07) is 49.5. The molecule has 6 aromatic carbocycles. The Morgan fingerprint density at radius 2 is 0.780 bits per heavy atom. The van der Waals surface area contributed by atoms with Gasteiger partial charge in [0.25, 0.3) is 0 Å². The smallest absolute Gasteiger partial charge is 0.164 e. The zero-order chi connectivity index (χ0) is 27.6. The number of aromatic nitrogens is 3. The summed E-state index contributed by atoms with van der Waals surface area (Å²) >= 11 is 6.67. The lowest BCUT2D eigenvalue weighted by Crippen LogP contribution is -2.00. The number of fused-ring (bicyclic) bond motifs is 1. The molecule has 0 aliphatic carbocycles. The maximum atomic E-state index is 6.67. The van der Waals surface area contributed by atoms with Crippen molar-refractivity contribution in [2.75, 3.05) is 0 Å². The Bertz CT molecular complexity index is 1930. The Hall–Kier alpha value is -5.12. The second-order valence-corrected chi connectivity index (χ2v) is 10.3. The third-order valence-corrected chi connectivity index (χ3v) is 7.37. The summed E-state index contributed by atoms with van der Waals surface area (Å²) in [7, 11) is 0. The lowest BCUT2D eigenvalue weighted by atomic mass is 9.97. The molecule has 0 unspecified atom stereocenters. The van der Waals surface area contributed by atoms with Gasteiger partial charge in [-0.2, -0.15) is 0 Å². The van der Waals surface area contributed by atoms with Gasteiger partial charge in [-0.3, -0.25) is 0 Å². The molecule has 0 N–H and O–H groups in total. The van der Waals surface area contributed by atoms with Gasteiger partial charge in [0.1, 0.15) is 0 Å². The van der Waals surface area contributed by atoms with E-state index in [0.717, 1.165) is 27.8 Å². The second-order valence-electron chi connectivity index (χ2n) is 9.91. The number of hydrogen-bond donors (Lipinski definition) is 0. The van der Waals surface area contributed by atoms with Crippen molar-refractivity contribution in [1.82, 2.24) is 15.0 Å². The minimum absolute atomic E-state index is 0.578. The number of rotatable bonds is 5. The van der Waals surface area contributed by atoms with Crippen LogP contribution in [0.2, 0.25) is 5.02 Å². The van der Waals surface area contributed by atoms with Gasteiger partial charge >= 0.3 is 0 Å². The van der Waals surface area contributed by atoms with Crippen LogP contribution in [0.15, 0.2) is 146 Å². The van der Waals surface area contributed by atoms with E-state index in [1.807, 2.05) is 72.8 Å². The lowest BCUT2D eigenvalue weighted by molar-refractivity contribution is 1.07. The van der Waals surface area contributed by atoms with Crippen LogP contribution < -0.4 is 0 Å². The predicted octanol–water partition coefficient (Wildman–Crippen LogP) is 10.0. The molecule has 0 bridgehead atoms. The fraction of sp³-hybridized carbons (Fsp3) is 0. The zero-order valence-electron chi connectivity index (χ0n) is 22.1. The van der Waals surface area contributed by atoms with Crippen molar-refractivity contribution in [3.63, 3.8) is 0 Å². The van der Waals surface area contributed by atoms with Crippen LogP contribution in [-0.2, 0) is 0 Å². The van der Waals surface area contributed by atoms with E-state index in [-0.39, 0.29) is 0 Å². The SMILES string of the molecule is Clc1cc(-c2ccc(-c3ccc4ccccc4c3)cc2)cc(-c2nc(-c3ccccc3)nc(-c3ccccc3)n2)c1. The van der Waals surface area contributed by atoms with Crippen LogP contribution in [0.25, 0.3) is 67.2 Å².